The lowest BCUT2D eigenvalue weighted by Gasteiger charge is -2.57. The molecule has 0 saturated heterocycles. The van der Waals surface area contributed by atoms with E-state index in [0.717, 1.165) is 53.9 Å². The molecular weight excluding hydrogens is 304 g/mol. The van der Waals surface area contributed by atoms with Crippen LogP contribution in [0.3, 0.4) is 0 Å². The van der Waals surface area contributed by atoms with Gasteiger partial charge in [-0.25, -0.2) is 0 Å². The maximum absolute atomic E-state index is 5.66. The maximum atomic E-state index is 5.66. The van der Waals surface area contributed by atoms with E-state index in [-0.39, 0.29) is 0 Å². The number of nitrogens with two attached hydrogens (primary N) is 1. The third-order valence-corrected chi connectivity index (χ3v) is 9.84. The lowest BCUT2D eigenvalue weighted by molar-refractivity contribution is -0.0737. The summed E-state index contributed by atoms with van der Waals surface area (Å²) in [6.45, 7) is 8.51. The van der Waals surface area contributed by atoms with Crippen LogP contribution in [0.1, 0.15) is 85.0 Å². The van der Waals surface area contributed by atoms with Gasteiger partial charge in [-0.15, -0.1) is 0 Å². The van der Waals surface area contributed by atoms with Crippen molar-refractivity contribution >= 4 is 0 Å². The normalized spacial score (nSPS) is 50.6. The van der Waals surface area contributed by atoms with Crippen molar-refractivity contribution < 1.29 is 0 Å². The number of fused-ring (bicyclic) bond motifs is 5. The lowest BCUT2D eigenvalue weighted by Crippen LogP contribution is -2.49. The molecule has 0 radical (unpaired) electrons. The van der Waals surface area contributed by atoms with Crippen LogP contribution in [0, 0.1) is 52.8 Å². The van der Waals surface area contributed by atoms with E-state index < -0.39 is 0 Å². The monoisotopic (exact) mass is 346 g/mol. The molecule has 0 aliphatic heterocycles. The zero-order valence-corrected chi connectivity index (χ0v) is 17.0. The Morgan fingerprint density at radius 2 is 1.80 bits per heavy atom. The molecule has 0 heterocycles. The average Bonchev–Trinajstić information content (AvgIpc) is 2.98. The first-order chi connectivity index (χ1) is 12.1. The topological polar surface area (TPSA) is 38.0 Å². The van der Waals surface area contributed by atoms with Crippen molar-refractivity contribution in [3.63, 3.8) is 0 Å². The Bertz CT molecular complexity index is 463. The molecule has 4 aliphatic carbocycles. The fraction of sp³-hybridized carbons (Fsp3) is 1.00. The van der Waals surface area contributed by atoms with Crippen molar-refractivity contribution in [1.82, 2.24) is 5.43 Å². The molecule has 0 aromatic heterocycles. The smallest absolute Gasteiger partial charge is 0.0126 e. The molecule has 0 spiro atoms. The van der Waals surface area contributed by atoms with Crippen LogP contribution >= 0.6 is 0 Å². The molecular formula is C23H42N2. The van der Waals surface area contributed by atoms with Crippen molar-refractivity contribution in [2.75, 3.05) is 6.54 Å². The molecule has 4 rings (SSSR count). The van der Waals surface area contributed by atoms with Gasteiger partial charge in [-0.2, -0.15) is 0 Å². The van der Waals surface area contributed by atoms with Crippen LogP contribution in [-0.2, 0) is 0 Å². The number of hydrazine groups is 1. The van der Waals surface area contributed by atoms with Crippen LogP contribution in [0.4, 0.5) is 0 Å². The van der Waals surface area contributed by atoms with Crippen molar-refractivity contribution in [2.45, 2.75) is 85.0 Å². The van der Waals surface area contributed by atoms with Gasteiger partial charge in [-0.3, -0.25) is 11.3 Å². The second kappa shape index (κ2) is 7.15. The Hall–Kier alpha value is -0.0800. The van der Waals surface area contributed by atoms with Crippen LogP contribution in [0.2, 0.25) is 0 Å². The van der Waals surface area contributed by atoms with Gasteiger partial charge in [-0.05, 0) is 104 Å². The number of hydrogen-bond donors (Lipinski definition) is 2. The minimum absolute atomic E-state index is 0.602. The van der Waals surface area contributed by atoms with Gasteiger partial charge < -0.3 is 0 Å². The van der Waals surface area contributed by atoms with Gasteiger partial charge in [0, 0.05) is 6.54 Å². The van der Waals surface area contributed by atoms with Crippen molar-refractivity contribution in [3.05, 3.63) is 0 Å². The van der Waals surface area contributed by atoms with Gasteiger partial charge in [0.05, 0.1) is 0 Å². The van der Waals surface area contributed by atoms with E-state index >= 15 is 0 Å². The first-order valence-electron chi connectivity index (χ1n) is 11.5. The van der Waals surface area contributed by atoms with Gasteiger partial charge >= 0.3 is 0 Å². The Kier molecular flexibility index (Phi) is 5.23. The second-order valence-electron chi connectivity index (χ2n) is 10.6. The van der Waals surface area contributed by atoms with Gasteiger partial charge in [0.25, 0.3) is 0 Å². The molecule has 4 aliphatic rings. The molecule has 0 amide bonds. The van der Waals surface area contributed by atoms with E-state index in [1.807, 2.05) is 0 Å². The molecule has 25 heavy (non-hydrogen) atoms. The molecule has 2 nitrogen and oxygen atoms in total. The summed E-state index contributed by atoms with van der Waals surface area (Å²) in [7, 11) is 0. The summed E-state index contributed by atoms with van der Waals surface area (Å²) in [5.41, 5.74) is 3.56. The fourth-order valence-corrected chi connectivity index (χ4v) is 8.62. The van der Waals surface area contributed by atoms with Crippen molar-refractivity contribution in [2.24, 2.45) is 58.6 Å². The summed E-state index contributed by atoms with van der Waals surface area (Å²) in [6, 6.07) is 0. The minimum Gasteiger partial charge on any atom is -0.271 e. The highest BCUT2D eigenvalue weighted by atomic mass is 15.2. The summed E-state index contributed by atoms with van der Waals surface area (Å²) in [4.78, 5) is 0. The molecule has 9 atom stereocenters. The predicted octanol–water partition coefficient (Wildman–Crippen LogP) is 5.38. The average molecular weight is 347 g/mol. The van der Waals surface area contributed by atoms with Crippen molar-refractivity contribution in [3.8, 4) is 0 Å². The van der Waals surface area contributed by atoms with Crippen LogP contribution in [0.15, 0.2) is 0 Å². The molecule has 9 unspecified atom stereocenters. The van der Waals surface area contributed by atoms with Crippen LogP contribution < -0.4 is 11.3 Å². The van der Waals surface area contributed by atoms with Gasteiger partial charge in [-0.1, -0.05) is 33.6 Å². The second-order valence-corrected chi connectivity index (χ2v) is 10.6. The Morgan fingerprint density at radius 3 is 2.56 bits per heavy atom. The van der Waals surface area contributed by atoms with E-state index in [4.69, 9.17) is 5.84 Å². The first kappa shape index (κ1) is 18.3. The summed E-state index contributed by atoms with van der Waals surface area (Å²) >= 11 is 0. The molecule has 0 bridgehead atoms. The zero-order chi connectivity index (χ0) is 17.6. The molecule has 144 valence electrons. The van der Waals surface area contributed by atoms with E-state index in [0.29, 0.717) is 5.41 Å². The Balaban J connectivity index is 1.49. The van der Waals surface area contributed by atoms with E-state index in [1.54, 1.807) is 25.7 Å². The van der Waals surface area contributed by atoms with E-state index in [1.165, 1.54) is 38.5 Å². The van der Waals surface area contributed by atoms with Crippen LogP contribution in [0.5, 0.6) is 0 Å². The number of hydrogen-bond acceptors (Lipinski definition) is 2. The molecule has 0 aromatic carbocycles. The quantitative estimate of drug-likeness (QED) is 0.530. The Labute approximate surface area is 156 Å². The van der Waals surface area contributed by atoms with Gasteiger partial charge in [0.15, 0.2) is 0 Å². The zero-order valence-electron chi connectivity index (χ0n) is 17.0. The molecule has 3 N–H and O–H groups in total. The molecule has 4 fully saturated rings. The third kappa shape index (κ3) is 3.00. The highest BCUT2D eigenvalue weighted by molar-refractivity contribution is 5.06. The SMILES string of the molecule is CCC1CCC2C(CCC3C2CCC2(C)C(C(C)CNN)CCC32)C1. The van der Waals surface area contributed by atoms with Gasteiger partial charge in [0.1, 0.15) is 0 Å². The van der Waals surface area contributed by atoms with Crippen molar-refractivity contribution in [1.29, 1.82) is 0 Å². The minimum atomic E-state index is 0.602. The van der Waals surface area contributed by atoms with Crippen LogP contribution in [-0.4, -0.2) is 6.54 Å². The first-order valence-corrected chi connectivity index (χ1v) is 11.5. The highest BCUT2D eigenvalue weighted by Crippen LogP contribution is 2.65. The summed E-state index contributed by atoms with van der Waals surface area (Å²) in [5.74, 6) is 13.7. The maximum Gasteiger partial charge on any atom is 0.0126 e. The predicted molar refractivity (Wildman–Crippen MR) is 106 cm³/mol. The van der Waals surface area contributed by atoms with Gasteiger partial charge in [0.2, 0.25) is 0 Å². The van der Waals surface area contributed by atoms with E-state index in [9.17, 15) is 0 Å². The number of rotatable bonds is 4. The summed E-state index contributed by atoms with van der Waals surface area (Å²) in [5, 5.41) is 0. The third-order valence-electron chi connectivity index (χ3n) is 9.84. The summed E-state index contributed by atoms with van der Waals surface area (Å²) in [6.07, 6.45) is 15.2. The fourth-order valence-electron chi connectivity index (χ4n) is 8.62. The van der Waals surface area contributed by atoms with Crippen LogP contribution in [0.25, 0.3) is 0 Å². The lowest BCUT2D eigenvalue weighted by atomic mass is 9.48. The Morgan fingerprint density at radius 1 is 1.00 bits per heavy atom. The summed E-state index contributed by atoms with van der Waals surface area (Å²) < 4.78 is 0. The number of nitrogens with one attached hydrogen (secondary N) is 1. The van der Waals surface area contributed by atoms with E-state index in [2.05, 4.69) is 26.2 Å². The largest absolute Gasteiger partial charge is 0.271 e. The molecule has 4 saturated carbocycles. The standard InChI is InChI=1S/C23H42N2/c1-4-16-5-7-18-17(13-16)6-8-20-19(18)11-12-23(3)21(9-10-22(20)23)15(2)14-25-24/h15-22,25H,4-14,24H2,1-3H3. The molecule has 2 heteroatoms. The highest BCUT2D eigenvalue weighted by Gasteiger charge is 2.57. The molecule has 0 aromatic rings.